The van der Waals surface area contributed by atoms with Crippen LogP contribution in [0.3, 0.4) is 0 Å². The highest BCUT2D eigenvalue weighted by molar-refractivity contribution is 6.02. The van der Waals surface area contributed by atoms with Gasteiger partial charge in [0.25, 0.3) is 0 Å². The molecule has 1 fully saturated rings. The third kappa shape index (κ3) is 4.04. The van der Waals surface area contributed by atoms with Crippen LogP contribution >= 0.6 is 0 Å². The maximum atomic E-state index is 12.5. The van der Waals surface area contributed by atoms with Crippen LogP contribution in [0, 0.1) is 5.41 Å². The van der Waals surface area contributed by atoms with Crippen molar-refractivity contribution in [1.29, 1.82) is 0 Å². The van der Waals surface area contributed by atoms with E-state index < -0.39 is 12.1 Å². The molecule has 0 N–H and O–H groups in total. The van der Waals surface area contributed by atoms with E-state index in [2.05, 4.69) is 0 Å². The van der Waals surface area contributed by atoms with E-state index in [4.69, 9.17) is 18.9 Å². The Morgan fingerprint density at radius 2 is 1.78 bits per heavy atom. The first-order valence-electron chi connectivity index (χ1n) is 10.8. The number of hydrogen-bond acceptors (Lipinski definition) is 6. The predicted molar refractivity (Wildman–Crippen MR) is 116 cm³/mol. The molecule has 2 aliphatic rings. The van der Waals surface area contributed by atoms with Gasteiger partial charge in [0.1, 0.15) is 12.0 Å². The summed E-state index contributed by atoms with van der Waals surface area (Å²) in [6.07, 6.45) is 2.65. The van der Waals surface area contributed by atoms with E-state index >= 15 is 0 Å². The molecule has 1 saturated carbocycles. The van der Waals surface area contributed by atoms with Crippen molar-refractivity contribution in [2.75, 3.05) is 34.1 Å². The summed E-state index contributed by atoms with van der Waals surface area (Å²) in [6, 6.07) is 9.36. The molecule has 2 aromatic rings. The number of rotatable bonds is 10. The number of esters is 1. The normalized spacial score (nSPS) is 15.8. The van der Waals surface area contributed by atoms with Crippen LogP contribution in [0.1, 0.15) is 41.6 Å². The number of alkyl halides is 1. The number of ether oxygens (including phenoxy) is 4. The number of benzene rings is 2. The standard InChI is InChI=1S/C25H27FO6/c1-29-21-10-8-19(16-5-3-6-18-17(16)7-9-20(18)27)22(23(21)30-2)32-15-25(11-12-25)24(28)31-14-4-13-26/h3,5-6,8,10H,4,7,9,11-15H2,1-2H3. The van der Waals surface area contributed by atoms with Gasteiger partial charge in [0, 0.05) is 24.0 Å². The van der Waals surface area contributed by atoms with Gasteiger partial charge in [-0.15, -0.1) is 0 Å². The summed E-state index contributed by atoms with van der Waals surface area (Å²) in [4.78, 5) is 24.8. The number of carbonyl (C=O) groups excluding carboxylic acids is 2. The average molecular weight is 442 g/mol. The first-order chi connectivity index (χ1) is 15.5. The zero-order valence-corrected chi connectivity index (χ0v) is 18.4. The fraction of sp³-hybridized carbons (Fsp3) is 0.440. The highest BCUT2D eigenvalue weighted by Gasteiger charge is 2.52. The van der Waals surface area contributed by atoms with Gasteiger partial charge in [0.15, 0.2) is 17.3 Å². The van der Waals surface area contributed by atoms with Crippen LogP contribution in [-0.2, 0) is 16.0 Å². The Labute approximate surface area is 186 Å². The van der Waals surface area contributed by atoms with E-state index in [9.17, 15) is 14.0 Å². The van der Waals surface area contributed by atoms with Crippen LogP contribution in [0.15, 0.2) is 30.3 Å². The molecule has 2 aliphatic carbocycles. The Hall–Kier alpha value is -3.09. The second-order valence-electron chi connectivity index (χ2n) is 8.18. The lowest BCUT2D eigenvalue weighted by Gasteiger charge is -2.21. The van der Waals surface area contributed by atoms with Crippen molar-refractivity contribution in [3.05, 3.63) is 41.5 Å². The molecule has 4 rings (SSSR count). The maximum absolute atomic E-state index is 12.5. The molecular formula is C25H27FO6. The Morgan fingerprint density at radius 1 is 1.00 bits per heavy atom. The zero-order valence-electron chi connectivity index (χ0n) is 18.4. The number of carbonyl (C=O) groups is 2. The molecule has 6 nitrogen and oxygen atoms in total. The summed E-state index contributed by atoms with van der Waals surface area (Å²) in [7, 11) is 3.08. The van der Waals surface area contributed by atoms with Crippen molar-refractivity contribution in [3.63, 3.8) is 0 Å². The summed E-state index contributed by atoms with van der Waals surface area (Å²) in [5.74, 6) is 1.17. The zero-order chi connectivity index (χ0) is 22.7. The van der Waals surface area contributed by atoms with Crippen LogP contribution < -0.4 is 14.2 Å². The molecule has 0 amide bonds. The topological polar surface area (TPSA) is 71.1 Å². The molecule has 170 valence electrons. The van der Waals surface area contributed by atoms with E-state index in [0.717, 1.165) is 22.3 Å². The Balaban J connectivity index is 1.67. The number of halogens is 1. The van der Waals surface area contributed by atoms with Gasteiger partial charge in [-0.25, -0.2) is 0 Å². The van der Waals surface area contributed by atoms with Crippen LogP contribution in [0.25, 0.3) is 11.1 Å². The number of Topliss-reactive ketones (excluding diaryl/α,β-unsaturated/α-hetero) is 1. The minimum absolute atomic E-state index is 0.0645. The molecule has 0 aliphatic heterocycles. The molecule has 0 bridgehead atoms. The summed E-state index contributed by atoms with van der Waals surface area (Å²) in [6.45, 7) is -0.341. The molecule has 0 unspecified atom stereocenters. The SMILES string of the molecule is COc1ccc(-c2cccc3c2CCC3=O)c(OCC2(C(=O)OCCCF)CC2)c1OC. The Kier molecular flexibility index (Phi) is 6.35. The monoisotopic (exact) mass is 442 g/mol. The van der Waals surface area contributed by atoms with Crippen molar-refractivity contribution < 1.29 is 32.9 Å². The fourth-order valence-electron chi connectivity index (χ4n) is 4.14. The van der Waals surface area contributed by atoms with Gasteiger partial charge in [-0.05, 0) is 42.5 Å². The molecule has 32 heavy (non-hydrogen) atoms. The number of hydrogen-bond donors (Lipinski definition) is 0. The maximum Gasteiger partial charge on any atom is 0.315 e. The van der Waals surface area contributed by atoms with Crippen molar-refractivity contribution >= 4 is 11.8 Å². The number of fused-ring (bicyclic) bond motifs is 1. The summed E-state index contributed by atoms with van der Waals surface area (Å²) in [5, 5.41) is 0. The van der Waals surface area contributed by atoms with Gasteiger partial charge < -0.3 is 18.9 Å². The highest BCUT2D eigenvalue weighted by atomic mass is 19.1. The van der Waals surface area contributed by atoms with Crippen LogP contribution in [0.4, 0.5) is 4.39 Å². The lowest BCUT2D eigenvalue weighted by molar-refractivity contribution is -0.151. The van der Waals surface area contributed by atoms with Crippen LogP contribution in [0.5, 0.6) is 17.2 Å². The molecule has 0 heterocycles. The molecule has 0 spiro atoms. The van der Waals surface area contributed by atoms with Gasteiger partial charge in [-0.3, -0.25) is 14.0 Å². The minimum Gasteiger partial charge on any atom is -0.493 e. The Bertz CT molecular complexity index is 1030. The van der Waals surface area contributed by atoms with Crippen LogP contribution in [-0.4, -0.2) is 45.9 Å². The van der Waals surface area contributed by atoms with Crippen molar-refractivity contribution in [2.24, 2.45) is 5.41 Å². The average Bonchev–Trinajstić information content (AvgIpc) is 3.52. The quantitative estimate of drug-likeness (QED) is 0.397. The van der Waals surface area contributed by atoms with Gasteiger partial charge in [-0.2, -0.15) is 0 Å². The predicted octanol–water partition coefficient (Wildman–Crippen LogP) is 4.56. The largest absolute Gasteiger partial charge is 0.493 e. The molecule has 0 radical (unpaired) electrons. The summed E-state index contributed by atoms with van der Waals surface area (Å²) < 4.78 is 34.9. The molecule has 0 atom stereocenters. The molecular weight excluding hydrogens is 415 g/mol. The molecule has 0 saturated heterocycles. The van der Waals surface area contributed by atoms with E-state index in [-0.39, 0.29) is 31.4 Å². The first kappa shape index (κ1) is 22.1. The minimum atomic E-state index is -0.726. The second-order valence-corrected chi connectivity index (χ2v) is 8.18. The van der Waals surface area contributed by atoms with E-state index in [1.165, 1.54) is 7.11 Å². The Morgan fingerprint density at radius 3 is 2.47 bits per heavy atom. The summed E-state index contributed by atoms with van der Waals surface area (Å²) in [5.41, 5.74) is 2.67. The van der Waals surface area contributed by atoms with Gasteiger partial charge in [-0.1, -0.05) is 18.2 Å². The second kappa shape index (κ2) is 9.18. The van der Waals surface area contributed by atoms with Crippen molar-refractivity contribution in [1.82, 2.24) is 0 Å². The van der Waals surface area contributed by atoms with E-state index in [0.29, 0.717) is 42.9 Å². The van der Waals surface area contributed by atoms with Gasteiger partial charge >= 0.3 is 5.97 Å². The number of methoxy groups -OCH3 is 2. The van der Waals surface area contributed by atoms with Crippen molar-refractivity contribution in [2.45, 2.75) is 32.1 Å². The third-order valence-electron chi connectivity index (χ3n) is 6.16. The highest BCUT2D eigenvalue weighted by Crippen LogP contribution is 2.51. The lowest BCUT2D eigenvalue weighted by Crippen LogP contribution is -2.26. The number of ketones is 1. The first-order valence-corrected chi connectivity index (χ1v) is 10.8. The fourth-order valence-corrected chi connectivity index (χ4v) is 4.14. The molecule has 0 aromatic heterocycles. The molecule has 7 heteroatoms. The lowest BCUT2D eigenvalue weighted by atomic mass is 9.95. The third-order valence-corrected chi connectivity index (χ3v) is 6.16. The van der Waals surface area contributed by atoms with Gasteiger partial charge in [0.05, 0.1) is 27.5 Å². The van der Waals surface area contributed by atoms with Crippen LogP contribution in [0.2, 0.25) is 0 Å². The summed E-state index contributed by atoms with van der Waals surface area (Å²) >= 11 is 0. The molecule has 2 aromatic carbocycles. The van der Waals surface area contributed by atoms with Crippen molar-refractivity contribution in [3.8, 4) is 28.4 Å². The van der Waals surface area contributed by atoms with Gasteiger partial charge in [0.2, 0.25) is 5.75 Å². The van der Waals surface area contributed by atoms with E-state index in [1.807, 2.05) is 24.3 Å². The van der Waals surface area contributed by atoms with E-state index in [1.54, 1.807) is 13.2 Å². The smallest absolute Gasteiger partial charge is 0.315 e.